The molecule has 0 aliphatic rings. The van der Waals surface area contributed by atoms with Crippen LogP contribution < -0.4 is 0 Å². The first-order valence-electron chi connectivity index (χ1n) is 10.0. The minimum absolute atomic E-state index is 0.0261. The summed E-state index contributed by atoms with van der Waals surface area (Å²) >= 11 is 0. The Kier molecular flexibility index (Phi) is 6.43. The number of halogens is 1. The van der Waals surface area contributed by atoms with Crippen molar-refractivity contribution in [1.82, 2.24) is 4.98 Å². The van der Waals surface area contributed by atoms with Crippen LogP contribution in [0, 0.1) is 18.7 Å². The van der Waals surface area contributed by atoms with Crippen molar-refractivity contribution in [2.75, 3.05) is 7.11 Å². The largest absolute Gasteiger partial charge is 0.370 e. The van der Waals surface area contributed by atoms with E-state index in [0.717, 1.165) is 11.1 Å². The smallest absolute Gasteiger partial charge is 0.169 e. The average Bonchev–Trinajstić information content (AvgIpc) is 2.69. The van der Waals surface area contributed by atoms with E-state index < -0.39 is 5.60 Å². The lowest BCUT2D eigenvalue weighted by molar-refractivity contribution is -0.142. The van der Waals surface area contributed by atoms with Crippen molar-refractivity contribution in [3.63, 3.8) is 0 Å². The van der Waals surface area contributed by atoms with Gasteiger partial charge in [-0.15, -0.1) is 0 Å². The Morgan fingerprint density at radius 3 is 2.52 bits per heavy atom. The maximum absolute atomic E-state index is 14.0. The minimum atomic E-state index is -0.904. The molecular weight excluding hydrogens is 365 g/mol. The number of rotatable bonds is 8. The quantitative estimate of drug-likeness (QED) is 0.510. The summed E-state index contributed by atoms with van der Waals surface area (Å²) in [5.74, 6) is -0.0238. The van der Waals surface area contributed by atoms with Crippen molar-refractivity contribution >= 4 is 16.7 Å². The highest BCUT2D eigenvalue weighted by atomic mass is 19.1. The average molecular weight is 394 g/mol. The minimum Gasteiger partial charge on any atom is -0.370 e. The molecule has 2 aromatic carbocycles. The summed E-state index contributed by atoms with van der Waals surface area (Å²) in [7, 11) is 1.62. The van der Waals surface area contributed by atoms with E-state index in [9.17, 15) is 9.18 Å². The molecule has 1 aromatic heterocycles. The monoisotopic (exact) mass is 393 g/mol. The molecule has 1 atom stereocenters. The molecule has 152 valence electrons. The standard InChI is InChI=1S/C25H28FNO2/c1-17(2)15-25(29-4,16-19-9-6-5-7-10-19)23(28)14-21-13-20-11-8-12-22(26)24(20)27-18(21)3/h5-13,17H,14-16H2,1-4H3. The number of hydrogen-bond acceptors (Lipinski definition) is 3. The fraction of sp³-hybridized carbons (Fsp3) is 0.360. The van der Waals surface area contributed by atoms with Gasteiger partial charge in [0.05, 0.1) is 0 Å². The molecule has 0 saturated carbocycles. The zero-order valence-electron chi connectivity index (χ0n) is 17.5. The second-order valence-electron chi connectivity index (χ2n) is 8.10. The van der Waals surface area contributed by atoms with Crippen LogP contribution in [-0.2, 0) is 22.4 Å². The van der Waals surface area contributed by atoms with Crippen molar-refractivity contribution < 1.29 is 13.9 Å². The SMILES string of the molecule is COC(Cc1ccccc1)(CC(C)C)C(=O)Cc1cc2cccc(F)c2nc1C. The lowest BCUT2D eigenvalue weighted by atomic mass is 9.80. The van der Waals surface area contributed by atoms with Gasteiger partial charge in [-0.1, -0.05) is 56.3 Å². The summed E-state index contributed by atoms with van der Waals surface area (Å²) < 4.78 is 19.9. The summed E-state index contributed by atoms with van der Waals surface area (Å²) in [6.45, 7) is 6.01. The molecule has 0 saturated heterocycles. The van der Waals surface area contributed by atoms with Crippen LogP contribution in [0.1, 0.15) is 37.1 Å². The number of methoxy groups -OCH3 is 1. The van der Waals surface area contributed by atoms with Gasteiger partial charge in [-0.05, 0) is 42.5 Å². The number of para-hydroxylation sites is 1. The predicted octanol–water partition coefficient (Wildman–Crippen LogP) is 5.47. The molecule has 1 heterocycles. The van der Waals surface area contributed by atoms with Crippen LogP contribution in [0.2, 0.25) is 0 Å². The van der Waals surface area contributed by atoms with Gasteiger partial charge < -0.3 is 4.74 Å². The Hall–Kier alpha value is -2.59. The fourth-order valence-corrected chi connectivity index (χ4v) is 3.95. The van der Waals surface area contributed by atoms with Gasteiger partial charge >= 0.3 is 0 Å². The number of aryl methyl sites for hydroxylation is 1. The Balaban J connectivity index is 1.95. The highest BCUT2D eigenvalue weighted by Crippen LogP contribution is 2.29. The highest BCUT2D eigenvalue weighted by molar-refractivity contribution is 5.91. The molecule has 3 rings (SSSR count). The topological polar surface area (TPSA) is 39.2 Å². The number of ether oxygens (including phenoxy) is 1. The number of Topliss-reactive ketones (excluding diaryl/α,β-unsaturated/α-hetero) is 1. The number of aromatic nitrogens is 1. The summed E-state index contributed by atoms with van der Waals surface area (Å²) in [5.41, 5.74) is 1.99. The molecular formula is C25H28FNO2. The van der Waals surface area contributed by atoms with Crippen LogP contribution in [0.3, 0.4) is 0 Å². The van der Waals surface area contributed by atoms with Crippen molar-refractivity contribution in [2.24, 2.45) is 5.92 Å². The molecule has 0 fully saturated rings. The van der Waals surface area contributed by atoms with Crippen LogP contribution >= 0.6 is 0 Å². The van der Waals surface area contributed by atoms with Gasteiger partial charge in [0.1, 0.15) is 16.9 Å². The lowest BCUT2D eigenvalue weighted by Crippen LogP contribution is -2.45. The molecule has 0 radical (unpaired) electrons. The Bertz CT molecular complexity index is 1000. The number of hydrogen-bond donors (Lipinski definition) is 0. The van der Waals surface area contributed by atoms with Gasteiger partial charge in [0.2, 0.25) is 0 Å². The molecule has 0 N–H and O–H groups in total. The zero-order chi connectivity index (χ0) is 21.0. The van der Waals surface area contributed by atoms with Gasteiger partial charge in [-0.3, -0.25) is 4.79 Å². The van der Waals surface area contributed by atoms with Gasteiger partial charge in [0.25, 0.3) is 0 Å². The van der Waals surface area contributed by atoms with Crippen molar-refractivity contribution in [1.29, 1.82) is 0 Å². The van der Waals surface area contributed by atoms with E-state index in [0.29, 0.717) is 35.4 Å². The summed E-state index contributed by atoms with van der Waals surface area (Å²) in [5, 5.41) is 0.702. The number of benzene rings is 2. The molecule has 29 heavy (non-hydrogen) atoms. The van der Waals surface area contributed by atoms with Crippen LogP contribution in [0.25, 0.3) is 10.9 Å². The van der Waals surface area contributed by atoms with Gasteiger partial charge in [0, 0.05) is 31.0 Å². The number of nitrogens with zero attached hydrogens (tertiary/aromatic N) is 1. The number of pyridine rings is 1. The lowest BCUT2D eigenvalue weighted by Gasteiger charge is -2.33. The molecule has 3 aromatic rings. The van der Waals surface area contributed by atoms with E-state index in [1.165, 1.54) is 6.07 Å². The fourth-order valence-electron chi connectivity index (χ4n) is 3.95. The van der Waals surface area contributed by atoms with Crippen molar-refractivity contribution in [3.05, 3.63) is 77.2 Å². The third-order valence-corrected chi connectivity index (χ3v) is 5.41. The highest BCUT2D eigenvalue weighted by Gasteiger charge is 2.39. The van der Waals surface area contributed by atoms with Crippen molar-refractivity contribution in [3.8, 4) is 0 Å². The summed E-state index contributed by atoms with van der Waals surface area (Å²) in [6, 6.07) is 16.7. The molecule has 3 nitrogen and oxygen atoms in total. The third kappa shape index (κ3) is 4.70. The first kappa shape index (κ1) is 21.1. The van der Waals surface area contributed by atoms with Crippen LogP contribution in [-0.4, -0.2) is 23.5 Å². The van der Waals surface area contributed by atoms with E-state index >= 15 is 0 Å². The van der Waals surface area contributed by atoms with Crippen LogP contribution in [0.5, 0.6) is 0 Å². The predicted molar refractivity (Wildman–Crippen MR) is 114 cm³/mol. The molecule has 0 bridgehead atoms. The number of carbonyl (C=O) groups is 1. The van der Waals surface area contributed by atoms with E-state index in [1.807, 2.05) is 49.4 Å². The number of fused-ring (bicyclic) bond motifs is 1. The third-order valence-electron chi connectivity index (χ3n) is 5.41. The molecule has 4 heteroatoms. The molecule has 0 aliphatic heterocycles. The van der Waals surface area contributed by atoms with Crippen LogP contribution in [0.15, 0.2) is 54.6 Å². The van der Waals surface area contributed by atoms with Crippen molar-refractivity contribution in [2.45, 2.75) is 45.6 Å². The second kappa shape index (κ2) is 8.83. The Morgan fingerprint density at radius 2 is 1.86 bits per heavy atom. The van der Waals surface area contributed by atoms with E-state index in [2.05, 4.69) is 18.8 Å². The first-order chi connectivity index (χ1) is 13.8. The Labute approximate surface area is 171 Å². The first-order valence-corrected chi connectivity index (χ1v) is 10.0. The molecule has 1 unspecified atom stereocenters. The second-order valence-corrected chi connectivity index (χ2v) is 8.10. The summed E-state index contributed by atoms with van der Waals surface area (Å²) in [4.78, 5) is 17.9. The van der Waals surface area contributed by atoms with E-state index in [-0.39, 0.29) is 18.0 Å². The number of carbonyl (C=O) groups excluding carboxylic acids is 1. The summed E-state index contributed by atoms with van der Waals surface area (Å²) in [6.07, 6.45) is 1.36. The molecule has 0 spiro atoms. The maximum atomic E-state index is 14.0. The Morgan fingerprint density at radius 1 is 1.14 bits per heavy atom. The number of ketones is 1. The maximum Gasteiger partial charge on any atom is 0.169 e. The molecule has 0 aliphatic carbocycles. The van der Waals surface area contributed by atoms with Crippen LogP contribution in [0.4, 0.5) is 4.39 Å². The zero-order valence-corrected chi connectivity index (χ0v) is 17.5. The van der Waals surface area contributed by atoms with E-state index in [1.54, 1.807) is 13.2 Å². The normalized spacial score (nSPS) is 13.6. The van der Waals surface area contributed by atoms with Gasteiger partial charge in [-0.25, -0.2) is 9.37 Å². The molecule has 0 amide bonds. The van der Waals surface area contributed by atoms with E-state index in [4.69, 9.17) is 4.74 Å². The van der Waals surface area contributed by atoms with Gasteiger partial charge in [0.15, 0.2) is 5.78 Å². The van der Waals surface area contributed by atoms with Gasteiger partial charge in [-0.2, -0.15) is 0 Å².